The van der Waals surface area contributed by atoms with Crippen molar-refractivity contribution >= 4 is 11.6 Å². The van der Waals surface area contributed by atoms with Crippen LogP contribution in [0.3, 0.4) is 0 Å². The molecule has 1 aromatic heterocycles. The Morgan fingerprint density at radius 3 is 2.65 bits per heavy atom. The summed E-state index contributed by atoms with van der Waals surface area (Å²) in [5, 5.41) is 8.93. The highest BCUT2D eigenvalue weighted by molar-refractivity contribution is 6.30. The number of hydrogen-bond acceptors (Lipinski definition) is 2. The number of nitrogens with zero attached hydrogens (tertiary/aromatic N) is 2. The average molecular weight is 298 g/mol. The van der Waals surface area contributed by atoms with Crippen LogP contribution >= 0.6 is 11.6 Å². The van der Waals surface area contributed by atoms with Crippen LogP contribution in [-0.2, 0) is 13.5 Å². The molecule has 20 heavy (non-hydrogen) atoms. The molecule has 1 heterocycles. The fourth-order valence-electron chi connectivity index (χ4n) is 3.84. The first kappa shape index (κ1) is 15.8. The van der Waals surface area contributed by atoms with Crippen LogP contribution in [0, 0.1) is 18.3 Å². The lowest BCUT2D eigenvalue weighted by molar-refractivity contribution is 0.197. The van der Waals surface area contributed by atoms with Crippen molar-refractivity contribution in [2.24, 2.45) is 18.4 Å². The third-order valence-corrected chi connectivity index (χ3v) is 5.46. The first-order valence-corrected chi connectivity index (χ1v) is 8.16. The highest BCUT2D eigenvalue weighted by Crippen LogP contribution is 2.45. The molecule has 1 saturated carbocycles. The number of aromatic nitrogens is 2. The number of likely N-dealkylation sites (N-methyl/N-ethyl adjacent to an activating group) is 1. The summed E-state index contributed by atoms with van der Waals surface area (Å²) in [6.45, 7) is 10.1. The standard InChI is InChI=1S/C16H28ClN3/c1-6-18-14(13-8-7-9-16(13,3)4)10-12-11(2)19-20(5)15(12)17/h13-14,18H,6-10H2,1-5H3. The highest BCUT2D eigenvalue weighted by Gasteiger charge is 2.39. The summed E-state index contributed by atoms with van der Waals surface area (Å²) in [5.41, 5.74) is 2.70. The second-order valence-electron chi connectivity index (χ2n) is 6.83. The average Bonchev–Trinajstić information content (AvgIpc) is 2.82. The van der Waals surface area contributed by atoms with Crippen LogP contribution in [0.4, 0.5) is 0 Å². The van der Waals surface area contributed by atoms with Gasteiger partial charge in [-0.1, -0.05) is 38.8 Å². The minimum Gasteiger partial charge on any atom is -0.314 e. The van der Waals surface area contributed by atoms with Crippen molar-refractivity contribution < 1.29 is 0 Å². The van der Waals surface area contributed by atoms with Crippen molar-refractivity contribution in [3.05, 3.63) is 16.4 Å². The molecule has 3 nitrogen and oxygen atoms in total. The van der Waals surface area contributed by atoms with Gasteiger partial charge in [-0.05, 0) is 44.1 Å². The molecule has 4 heteroatoms. The van der Waals surface area contributed by atoms with Gasteiger partial charge < -0.3 is 5.32 Å². The molecule has 0 spiro atoms. The van der Waals surface area contributed by atoms with Gasteiger partial charge in [-0.25, -0.2) is 0 Å². The predicted molar refractivity (Wildman–Crippen MR) is 85.2 cm³/mol. The SMILES string of the molecule is CCNC(Cc1c(C)nn(C)c1Cl)C1CCCC1(C)C. The number of hydrogen-bond donors (Lipinski definition) is 1. The van der Waals surface area contributed by atoms with Gasteiger partial charge in [0.15, 0.2) is 0 Å². The minimum absolute atomic E-state index is 0.426. The molecule has 114 valence electrons. The summed E-state index contributed by atoms with van der Waals surface area (Å²) in [4.78, 5) is 0. The van der Waals surface area contributed by atoms with Crippen LogP contribution in [0.1, 0.15) is 51.3 Å². The molecule has 1 fully saturated rings. The molecule has 2 unspecified atom stereocenters. The summed E-state index contributed by atoms with van der Waals surface area (Å²) < 4.78 is 1.79. The topological polar surface area (TPSA) is 29.9 Å². The first-order valence-electron chi connectivity index (χ1n) is 7.78. The van der Waals surface area contributed by atoms with Crippen molar-refractivity contribution in [2.45, 2.75) is 59.4 Å². The maximum absolute atomic E-state index is 6.41. The zero-order chi connectivity index (χ0) is 14.9. The molecule has 1 aromatic rings. The van der Waals surface area contributed by atoms with E-state index < -0.39 is 0 Å². The maximum Gasteiger partial charge on any atom is 0.130 e. The van der Waals surface area contributed by atoms with E-state index in [-0.39, 0.29) is 0 Å². The number of aryl methyl sites for hydroxylation is 2. The first-order chi connectivity index (χ1) is 9.36. The third-order valence-electron chi connectivity index (χ3n) is 4.99. The quantitative estimate of drug-likeness (QED) is 0.897. The Labute approximate surface area is 128 Å². The molecule has 1 aliphatic carbocycles. The summed E-state index contributed by atoms with van der Waals surface area (Å²) in [5.74, 6) is 0.720. The number of nitrogens with one attached hydrogen (secondary N) is 1. The van der Waals surface area contributed by atoms with Crippen LogP contribution < -0.4 is 5.32 Å². The molecule has 0 aromatic carbocycles. The van der Waals surface area contributed by atoms with E-state index in [1.54, 1.807) is 4.68 Å². The molecular formula is C16H28ClN3. The van der Waals surface area contributed by atoms with Crippen molar-refractivity contribution in [2.75, 3.05) is 6.54 Å². The summed E-state index contributed by atoms with van der Waals surface area (Å²) >= 11 is 6.41. The summed E-state index contributed by atoms with van der Waals surface area (Å²) in [7, 11) is 1.92. The fraction of sp³-hybridized carbons (Fsp3) is 0.812. The largest absolute Gasteiger partial charge is 0.314 e. The van der Waals surface area contributed by atoms with Gasteiger partial charge in [-0.15, -0.1) is 0 Å². The smallest absolute Gasteiger partial charge is 0.130 e. The lowest BCUT2D eigenvalue weighted by atomic mass is 9.76. The zero-order valence-corrected chi connectivity index (χ0v) is 14.2. The van der Waals surface area contributed by atoms with E-state index in [4.69, 9.17) is 11.6 Å². The molecule has 0 aliphatic heterocycles. The van der Waals surface area contributed by atoms with Gasteiger partial charge >= 0.3 is 0 Å². The highest BCUT2D eigenvalue weighted by atomic mass is 35.5. The number of halogens is 1. The van der Waals surface area contributed by atoms with Gasteiger partial charge in [-0.3, -0.25) is 4.68 Å². The van der Waals surface area contributed by atoms with Crippen LogP contribution in [-0.4, -0.2) is 22.4 Å². The van der Waals surface area contributed by atoms with Gasteiger partial charge in [0.1, 0.15) is 5.15 Å². The maximum atomic E-state index is 6.41. The van der Waals surface area contributed by atoms with Crippen LogP contribution in [0.25, 0.3) is 0 Å². The van der Waals surface area contributed by atoms with Gasteiger partial charge in [0.05, 0.1) is 5.69 Å². The predicted octanol–water partition coefficient (Wildman–Crippen LogP) is 3.73. The minimum atomic E-state index is 0.426. The van der Waals surface area contributed by atoms with Gasteiger partial charge in [0, 0.05) is 18.7 Å². The van der Waals surface area contributed by atoms with E-state index in [2.05, 4.69) is 38.1 Å². The van der Waals surface area contributed by atoms with Crippen LogP contribution in [0.15, 0.2) is 0 Å². The second kappa shape index (κ2) is 6.07. The van der Waals surface area contributed by atoms with Crippen molar-refractivity contribution in [3.63, 3.8) is 0 Å². The Morgan fingerprint density at radius 2 is 2.20 bits per heavy atom. The molecule has 1 aliphatic rings. The van der Waals surface area contributed by atoms with Crippen LogP contribution in [0.5, 0.6) is 0 Å². The number of rotatable bonds is 5. The molecule has 1 N–H and O–H groups in total. The summed E-state index contributed by atoms with van der Waals surface area (Å²) in [6, 6.07) is 0.498. The van der Waals surface area contributed by atoms with E-state index in [0.717, 1.165) is 29.7 Å². The normalized spacial score (nSPS) is 23.2. The lowest BCUT2D eigenvalue weighted by Crippen LogP contribution is -2.42. The molecule has 0 radical (unpaired) electrons. The zero-order valence-electron chi connectivity index (χ0n) is 13.5. The Balaban J connectivity index is 2.21. The van der Waals surface area contributed by atoms with E-state index in [9.17, 15) is 0 Å². The Morgan fingerprint density at radius 1 is 1.50 bits per heavy atom. The Kier molecular flexibility index (Phi) is 4.80. The van der Waals surface area contributed by atoms with Gasteiger partial charge in [0.25, 0.3) is 0 Å². The fourth-order valence-corrected chi connectivity index (χ4v) is 4.10. The van der Waals surface area contributed by atoms with E-state index >= 15 is 0 Å². The molecular weight excluding hydrogens is 270 g/mol. The van der Waals surface area contributed by atoms with E-state index in [1.165, 1.54) is 24.8 Å². The second-order valence-corrected chi connectivity index (χ2v) is 7.19. The lowest BCUT2D eigenvalue weighted by Gasteiger charge is -2.35. The van der Waals surface area contributed by atoms with E-state index in [1.807, 2.05) is 7.05 Å². The van der Waals surface area contributed by atoms with Crippen molar-refractivity contribution in [1.82, 2.24) is 15.1 Å². The molecule has 0 bridgehead atoms. The molecule has 2 rings (SSSR count). The molecule has 0 saturated heterocycles. The Hall–Kier alpha value is -0.540. The van der Waals surface area contributed by atoms with Crippen molar-refractivity contribution in [3.8, 4) is 0 Å². The molecule has 2 atom stereocenters. The Bertz CT molecular complexity index is 465. The monoisotopic (exact) mass is 297 g/mol. The van der Waals surface area contributed by atoms with Crippen molar-refractivity contribution in [1.29, 1.82) is 0 Å². The van der Waals surface area contributed by atoms with E-state index in [0.29, 0.717) is 11.5 Å². The van der Waals surface area contributed by atoms with Gasteiger partial charge in [-0.2, -0.15) is 5.10 Å². The third kappa shape index (κ3) is 3.04. The van der Waals surface area contributed by atoms with Crippen LogP contribution in [0.2, 0.25) is 5.15 Å². The van der Waals surface area contributed by atoms with Gasteiger partial charge in [0.2, 0.25) is 0 Å². The molecule has 0 amide bonds. The summed E-state index contributed by atoms with van der Waals surface area (Å²) in [6.07, 6.45) is 4.99.